The van der Waals surface area contributed by atoms with Gasteiger partial charge in [-0.15, -0.1) is 0 Å². The molecule has 2 N–H and O–H groups in total. The van der Waals surface area contributed by atoms with Crippen molar-refractivity contribution in [3.8, 4) is 34.5 Å². The Balaban J connectivity index is 0.000000333. The van der Waals surface area contributed by atoms with Crippen molar-refractivity contribution in [3.05, 3.63) is 96.1 Å². The fraction of sp³-hybridized carbons (Fsp3) is 0.333. The third-order valence-corrected chi connectivity index (χ3v) is 9.09. The quantitative estimate of drug-likeness (QED) is 0.0657. The van der Waals surface area contributed by atoms with Gasteiger partial charge in [0.2, 0.25) is 0 Å². The second-order valence-electron chi connectivity index (χ2n) is 11.3. The van der Waals surface area contributed by atoms with Crippen LogP contribution in [0.1, 0.15) is 76.3 Å². The molecule has 260 valence electrons. The van der Waals surface area contributed by atoms with Gasteiger partial charge in [-0.3, -0.25) is 4.55 Å². The van der Waals surface area contributed by atoms with Gasteiger partial charge >= 0.3 is 37.7 Å². The molecule has 0 atom stereocenters. The summed E-state index contributed by atoms with van der Waals surface area (Å²) in [6.07, 6.45) is 11.7. The van der Waals surface area contributed by atoms with E-state index in [2.05, 4.69) is 13.8 Å². The molecule has 49 heavy (non-hydrogen) atoms. The molecule has 0 aliphatic heterocycles. The summed E-state index contributed by atoms with van der Waals surface area (Å²) in [5.74, 6) is 0.0717. The van der Waals surface area contributed by atoms with Crippen LogP contribution < -0.4 is 14.6 Å². The Morgan fingerprint density at radius 2 is 1.00 bits per heavy atom. The van der Waals surface area contributed by atoms with Gasteiger partial charge in [0, 0.05) is 6.07 Å². The van der Waals surface area contributed by atoms with Gasteiger partial charge in [0.05, 0.1) is 4.90 Å². The van der Waals surface area contributed by atoms with E-state index in [4.69, 9.17) is 14.0 Å². The Labute approximate surface area is 319 Å². The number of benzene rings is 4. The van der Waals surface area contributed by atoms with Crippen molar-refractivity contribution in [2.24, 2.45) is 0 Å². The van der Waals surface area contributed by atoms with Gasteiger partial charge in [0.25, 0.3) is 10.1 Å². The van der Waals surface area contributed by atoms with Gasteiger partial charge in [0.1, 0.15) is 43.8 Å². The normalized spacial score (nSPS) is 11.2. The van der Waals surface area contributed by atoms with E-state index < -0.39 is 41.5 Å². The fourth-order valence-electron chi connectivity index (χ4n) is 4.74. The average Bonchev–Trinajstić information content (AvgIpc) is 3.04. The molecule has 0 unspecified atom stereocenters. The Kier molecular flexibility index (Phi) is 17.9. The Bertz CT molecular complexity index is 1680. The maximum absolute atomic E-state index is 11.4. The smallest absolute Gasteiger partial charge is 0.872 e. The first-order chi connectivity index (χ1) is 22.8. The molecule has 0 amide bonds. The summed E-state index contributed by atoms with van der Waals surface area (Å²) in [5.41, 5.74) is 2.43. The second kappa shape index (κ2) is 20.7. The van der Waals surface area contributed by atoms with E-state index in [9.17, 15) is 31.6 Å². The first-order valence-electron chi connectivity index (χ1n) is 15.9. The number of hydrogen-bond donors (Lipinski definition) is 2. The maximum atomic E-state index is 11.4. The van der Waals surface area contributed by atoms with Gasteiger partial charge in [-0.05, 0) is 85.3 Å². The zero-order chi connectivity index (χ0) is 35.2. The largest absolute Gasteiger partial charge is 2.00 e. The van der Waals surface area contributed by atoms with Crippen molar-refractivity contribution in [3.63, 3.8) is 0 Å². The van der Waals surface area contributed by atoms with Crippen molar-refractivity contribution < 1.29 is 45.6 Å². The van der Waals surface area contributed by atoms with Gasteiger partial charge in [-0.2, -0.15) is 8.42 Å². The van der Waals surface area contributed by atoms with Crippen molar-refractivity contribution in [2.75, 3.05) is 0 Å². The summed E-state index contributed by atoms with van der Waals surface area (Å²) in [7, 11) is -9.31. The molecule has 10 nitrogen and oxygen atoms in total. The van der Waals surface area contributed by atoms with Crippen molar-refractivity contribution >= 4 is 58.0 Å². The van der Waals surface area contributed by atoms with Gasteiger partial charge in [-0.1, -0.05) is 88.5 Å². The summed E-state index contributed by atoms with van der Waals surface area (Å²) in [5, 5.41) is 20.9. The van der Waals surface area contributed by atoms with Gasteiger partial charge in [0.15, 0.2) is 0 Å². The van der Waals surface area contributed by atoms with Crippen LogP contribution in [0.3, 0.4) is 0 Å². The summed E-state index contributed by atoms with van der Waals surface area (Å²) in [4.78, 5) is -1.37. The van der Waals surface area contributed by atoms with Crippen LogP contribution in [0.5, 0.6) is 34.5 Å². The molecule has 0 heterocycles. The Hall–Kier alpha value is -2.84. The molecule has 4 rings (SSSR count). The molecular formula is C36H42CaO10S2. The van der Waals surface area contributed by atoms with Crippen LogP contribution in [0.25, 0.3) is 0 Å². The van der Waals surface area contributed by atoms with Crippen LogP contribution >= 0.6 is 0 Å². The fourth-order valence-corrected chi connectivity index (χ4v) is 5.92. The maximum Gasteiger partial charge on any atom is 2.00 e. The van der Waals surface area contributed by atoms with Crippen LogP contribution in [0, 0.1) is 0 Å². The van der Waals surface area contributed by atoms with Crippen molar-refractivity contribution in [1.29, 1.82) is 0 Å². The molecular weight excluding hydrogens is 697 g/mol. The van der Waals surface area contributed by atoms with Crippen molar-refractivity contribution in [1.82, 2.24) is 0 Å². The number of phenols is 1. The number of aryl methyl sites for hydroxylation is 2. The van der Waals surface area contributed by atoms with E-state index in [-0.39, 0.29) is 49.2 Å². The molecule has 0 spiro atoms. The third kappa shape index (κ3) is 14.9. The standard InChI is InChI=1S/2C18H22O5S.Ca/c2*1-2-3-4-5-6-14-7-9-15(10-8-14)23-16-11-12-17(19)18(13-16)24(20,21)22;/h2*7-13,19H,2-6H2,1H3,(H,20,21,22);/q;;+2/p-2. The summed E-state index contributed by atoms with van der Waals surface area (Å²) in [6, 6.07) is 22.1. The zero-order valence-electron chi connectivity index (χ0n) is 27.8. The predicted octanol–water partition coefficient (Wildman–Crippen LogP) is 7.75. The second-order valence-corrected chi connectivity index (χ2v) is 14.0. The molecule has 0 saturated carbocycles. The minimum atomic E-state index is -4.81. The third-order valence-electron chi connectivity index (χ3n) is 7.35. The number of unbranched alkanes of at least 4 members (excludes halogenated alkanes) is 6. The van der Waals surface area contributed by atoms with Crippen LogP contribution in [-0.2, 0) is 33.1 Å². The summed E-state index contributed by atoms with van der Waals surface area (Å²) in [6.45, 7) is 4.36. The molecule has 0 radical (unpaired) electrons. The van der Waals surface area contributed by atoms with E-state index in [0.717, 1.165) is 43.9 Å². The van der Waals surface area contributed by atoms with E-state index >= 15 is 0 Å². The molecule has 0 aliphatic rings. The topological polar surface area (TPSA) is 173 Å². The number of ether oxygens (including phenoxy) is 2. The predicted molar refractivity (Wildman–Crippen MR) is 186 cm³/mol. The van der Waals surface area contributed by atoms with E-state index in [1.54, 1.807) is 12.1 Å². The van der Waals surface area contributed by atoms with Gasteiger partial charge in [-0.25, -0.2) is 8.42 Å². The zero-order valence-corrected chi connectivity index (χ0v) is 31.7. The molecule has 0 aromatic heterocycles. The minimum absolute atomic E-state index is 0. The molecule has 4 aromatic carbocycles. The van der Waals surface area contributed by atoms with Crippen molar-refractivity contribution in [2.45, 2.75) is 87.8 Å². The number of rotatable bonds is 16. The SMILES string of the molecule is CCCCCCc1ccc(Oc2ccc(O)c(S(=O)(=O)O)c2)cc1.CCCCCCc1ccc(Oc2ccc([O-])c(S(=O)(=O)[O-])c2)cc1.[Ca+2]. The number of aromatic hydroxyl groups is 1. The molecule has 0 saturated heterocycles. The molecule has 13 heteroatoms. The monoisotopic (exact) mass is 738 g/mol. The average molecular weight is 739 g/mol. The molecule has 4 aromatic rings. The summed E-state index contributed by atoms with van der Waals surface area (Å²) >= 11 is 0. The first-order valence-corrected chi connectivity index (χ1v) is 18.8. The molecule has 0 aliphatic carbocycles. The van der Waals surface area contributed by atoms with E-state index in [1.807, 2.05) is 36.4 Å². The Morgan fingerprint density at radius 1 is 0.592 bits per heavy atom. The van der Waals surface area contributed by atoms with E-state index in [1.165, 1.54) is 67.9 Å². The number of hydrogen-bond acceptors (Lipinski definition) is 9. The van der Waals surface area contributed by atoms with E-state index in [0.29, 0.717) is 11.5 Å². The number of phenolic OH excluding ortho intramolecular Hbond substituents is 1. The molecule has 0 bridgehead atoms. The summed E-state index contributed by atoms with van der Waals surface area (Å²) < 4.78 is 75.7. The first kappa shape index (κ1) is 42.3. The molecule has 0 fully saturated rings. The van der Waals surface area contributed by atoms with Crippen LogP contribution in [0.15, 0.2) is 94.7 Å². The Morgan fingerprint density at radius 3 is 1.41 bits per heavy atom. The van der Waals surface area contributed by atoms with Gasteiger partial charge < -0.3 is 24.2 Å². The van der Waals surface area contributed by atoms with Crippen LogP contribution in [0.2, 0.25) is 0 Å². The van der Waals surface area contributed by atoms with Crippen LogP contribution in [-0.4, -0.2) is 68.8 Å². The minimum Gasteiger partial charge on any atom is -0.872 e. The van der Waals surface area contributed by atoms with Crippen LogP contribution in [0.4, 0.5) is 0 Å².